The topological polar surface area (TPSA) is 17.8 Å². The van der Waals surface area contributed by atoms with Crippen molar-refractivity contribution in [3.05, 3.63) is 65.9 Å². The first-order valence-electron chi connectivity index (χ1n) is 7.04. The molecule has 0 saturated heterocycles. The van der Waals surface area contributed by atoms with Crippen LogP contribution in [0.4, 0.5) is 0 Å². The van der Waals surface area contributed by atoms with Crippen molar-refractivity contribution in [1.29, 1.82) is 0 Å². The van der Waals surface area contributed by atoms with Crippen molar-refractivity contribution >= 4 is 10.9 Å². The molecule has 0 saturated carbocycles. The average Bonchev–Trinajstić information content (AvgIpc) is 2.80. The lowest BCUT2D eigenvalue weighted by atomic mass is 9.87. The average molecular weight is 264 g/mol. The molecule has 0 amide bonds. The molecule has 0 fully saturated rings. The van der Waals surface area contributed by atoms with E-state index in [1.807, 2.05) is 10.7 Å². The van der Waals surface area contributed by atoms with E-state index in [9.17, 15) is 0 Å². The van der Waals surface area contributed by atoms with E-state index in [4.69, 9.17) is 5.10 Å². The van der Waals surface area contributed by atoms with Gasteiger partial charge < -0.3 is 0 Å². The van der Waals surface area contributed by atoms with Crippen LogP contribution in [0.3, 0.4) is 0 Å². The zero-order valence-corrected chi connectivity index (χ0v) is 12.3. The summed E-state index contributed by atoms with van der Waals surface area (Å²) in [6.45, 7) is 7.51. The van der Waals surface area contributed by atoms with Crippen LogP contribution >= 0.6 is 0 Å². The van der Waals surface area contributed by atoms with Crippen molar-refractivity contribution in [3.63, 3.8) is 0 Å². The molecule has 0 aliphatic heterocycles. The summed E-state index contributed by atoms with van der Waals surface area (Å²) in [6.07, 6.45) is 2.12. The van der Waals surface area contributed by atoms with Crippen molar-refractivity contribution in [3.8, 4) is 0 Å². The normalized spacial score (nSPS) is 11.9. The van der Waals surface area contributed by atoms with Gasteiger partial charge in [-0.05, 0) is 22.6 Å². The van der Waals surface area contributed by atoms with E-state index >= 15 is 0 Å². The van der Waals surface area contributed by atoms with Gasteiger partial charge in [0.15, 0.2) is 0 Å². The highest BCUT2D eigenvalue weighted by Gasteiger charge is 2.14. The van der Waals surface area contributed by atoms with Crippen molar-refractivity contribution in [2.75, 3.05) is 0 Å². The second-order valence-corrected chi connectivity index (χ2v) is 6.34. The van der Waals surface area contributed by atoms with Crippen molar-refractivity contribution in [2.45, 2.75) is 32.7 Å². The molecule has 1 aromatic heterocycles. The van der Waals surface area contributed by atoms with E-state index in [0.29, 0.717) is 0 Å². The van der Waals surface area contributed by atoms with Gasteiger partial charge in [0, 0.05) is 11.6 Å². The molecule has 2 aromatic carbocycles. The highest BCUT2D eigenvalue weighted by atomic mass is 15.3. The van der Waals surface area contributed by atoms with Gasteiger partial charge in [0.1, 0.15) is 0 Å². The van der Waals surface area contributed by atoms with E-state index in [0.717, 1.165) is 12.1 Å². The Bertz CT molecular complexity index is 718. The fourth-order valence-electron chi connectivity index (χ4n) is 2.39. The maximum absolute atomic E-state index is 4.70. The fourth-order valence-corrected chi connectivity index (χ4v) is 2.39. The molecule has 0 aliphatic rings. The van der Waals surface area contributed by atoms with Crippen LogP contribution in [0.5, 0.6) is 0 Å². The zero-order chi connectivity index (χ0) is 14.2. The molecule has 20 heavy (non-hydrogen) atoms. The van der Waals surface area contributed by atoms with Crippen LogP contribution in [0, 0.1) is 0 Å². The predicted molar refractivity (Wildman–Crippen MR) is 84.0 cm³/mol. The zero-order valence-electron chi connectivity index (χ0n) is 12.3. The van der Waals surface area contributed by atoms with Gasteiger partial charge in [-0.3, -0.25) is 4.68 Å². The lowest BCUT2D eigenvalue weighted by molar-refractivity contribution is 0.591. The maximum Gasteiger partial charge on any atom is 0.0926 e. The van der Waals surface area contributed by atoms with Crippen LogP contribution in [0.1, 0.15) is 31.9 Å². The molecule has 2 heteroatoms. The summed E-state index contributed by atoms with van der Waals surface area (Å²) >= 11 is 0. The highest BCUT2D eigenvalue weighted by Crippen LogP contribution is 2.25. The van der Waals surface area contributed by atoms with Gasteiger partial charge in [0.25, 0.3) is 0 Å². The Balaban J connectivity index is 1.95. The quantitative estimate of drug-likeness (QED) is 0.671. The van der Waals surface area contributed by atoms with Gasteiger partial charge in [-0.15, -0.1) is 0 Å². The number of hydrogen-bond acceptors (Lipinski definition) is 1. The first-order chi connectivity index (χ1) is 9.52. The van der Waals surface area contributed by atoms with Crippen molar-refractivity contribution in [2.24, 2.45) is 0 Å². The van der Waals surface area contributed by atoms with Gasteiger partial charge in [-0.1, -0.05) is 63.2 Å². The van der Waals surface area contributed by atoms with Gasteiger partial charge in [-0.2, -0.15) is 5.10 Å². The van der Waals surface area contributed by atoms with Gasteiger partial charge in [-0.25, -0.2) is 0 Å². The maximum atomic E-state index is 4.70. The van der Waals surface area contributed by atoms with Crippen molar-refractivity contribution in [1.82, 2.24) is 9.78 Å². The van der Waals surface area contributed by atoms with Gasteiger partial charge >= 0.3 is 0 Å². The Morgan fingerprint density at radius 3 is 2.45 bits per heavy atom. The van der Waals surface area contributed by atoms with E-state index in [-0.39, 0.29) is 5.41 Å². The molecule has 0 unspecified atom stereocenters. The summed E-state index contributed by atoms with van der Waals surface area (Å²) in [7, 11) is 0. The first-order valence-corrected chi connectivity index (χ1v) is 7.04. The number of hydrogen-bond donors (Lipinski definition) is 0. The van der Waals surface area contributed by atoms with E-state index in [2.05, 4.69) is 69.4 Å². The Morgan fingerprint density at radius 1 is 1.00 bits per heavy atom. The van der Waals surface area contributed by atoms with Crippen LogP contribution in [0.15, 0.2) is 54.7 Å². The number of rotatable bonds is 2. The lowest BCUT2D eigenvalue weighted by Gasteiger charge is -2.18. The Hall–Kier alpha value is -2.09. The largest absolute Gasteiger partial charge is 0.267 e. The van der Waals surface area contributed by atoms with Crippen LogP contribution in [0.2, 0.25) is 0 Å². The first kappa shape index (κ1) is 12.9. The van der Waals surface area contributed by atoms with E-state index < -0.39 is 0 Å². The summed E-state index contributed by atoms with van der Waals surface area (Å²) in [5.41, 5.74) is 3.84. The molecular formula is C18H20N2. The molecule has 0 N–H and O–H groups in total. The van der Waals surface area contributed by atoms with Crippen molar-refractivity contribution < 1.29 is 0 Å². The Kier molecular flexibility index (Phi) is 3.09. The van der Waals surface area contributed by atoms with Crippen LogP contribution in [-0.4, -0.2) is 9.78 Å². The second kappa shape index (κ2) is 4.78. The number of nitrogens with zero attached hydrogens (tertiary/aromatic N) is 2. The van der Waals surface area contributed by atoms with Crippen LogP contribution in [-0.2, 0) is 12.0 Å². The third-order valence-electron chi connectivity index (χ3n) is 3.61. The SMILES string of the molecule is CC(C)(C)c1ccc2cn(Cc3ccccc3)nc2c1. The number of fused-ring (bicyclic) bond motifs is 1. The Morgan fingerprint density at radius 2 is 1.75 bits per heavy atom. The van der Waals surface area contributed by atoms with E-state index in [1.54, 1.807) is 0 Å². The number of benzene rings is 2. The lowest BCUT2D eigenvalue weighted by Crippen LogP contribution is -2.10. The molecule has 102 valence electrons. The summed E-state index contributed by atoms with van der Waals surface area (Å²) in [6, 6.07) is 17.0. The second-order valence-electron chi connectivity index (χ2n) is 6.34. The molecule has 0 spiro atoms. The standard InChI is InChI=1S/C18H20N2/c1-18(2,3)16-10-9-15-13-20(19-17(15)11-16)12-14-7-5-4-6-8-14/h4-11,13H,12H2,1-3H3. The molecule has 3 rings (SSSR count). The van der Waals surface area contributed by atoms with Gasteiger partial charge in [0.05, 0.1) is 12.1 Å². The minimum atomic E-state index is 0.164. The molecule has 0 atom stereocenters. The molecule has 3 aromatic rings. The monoisotopic (exact) mass is 264 g/mol. The summed E-state index contributed by atoms with van der Waals surface area (Å²) < 4.78 is 2.02. The molecule has 1 heterocycles. The van der Waals surface area contributed by atoms with Crippen LogP contribution in [0.25, 0.3) is 10.9 Å². The third kappa shape index (κ3) is 2.60. The van der Waals surface area contributed by atoms with E-state index in [1.165, 1.54) is 16.5 Å². The summed E-state index contributed by atoms with van der Waals surface area (Å²) in [5, 5.41) is 5.90. The molecule has 2 nitrogen and oxygen atoms in total. The molecular weight excluding hydrogens is 244 g/mol. The van der Waals surface area contributed by atoms with Gasteiger partial charge in [0.2, 0.25) is 0 Å². The smallest absolute Gasteiger partial charge is 0.0926 e. The minimum absolute atomic E-state index is 0.164. The minimum Gasteiger partial charge on any atom is -0.267 e. The summed E-state index contributed by atoms with van der Waals surface area (Å²) in [5.74, 6) is 0. The molecule has 0 radical (unpaired) electrons. The molecule has 0 bridgehead atoms. The number of aromatic nitrogens is 2. The predicted octanol–water partition coefficient (Wildman–Crippen LogP) is 4.38. The third-order valence-corrected chi connectivity index (χ3v) is 3.61. The molecule has 0 aliphatic carbocycles. The fraction of sp³-hybridized carbons (Fsp3) is 0.278. The summed E-state index contributed by atoms with van der Waals surface area (Å²) in [4.78, 5) is 0. The highest BCUT2D eigenvalue weighted by molar-refractivity contribution is 5.79. The van der Waals surface area contributed by atoms with Crippen LogP contribution < -0.4 is 0 Å². The Labute approximate surface area is 120 Å².